The molecule has 1 saturated heterocycles. The van der Waals surface area contributed by atoms with Crippen molar-refractivity contribution in [1.29, 1.82) is 0 Å². The Hall–Kier alpha value is -1.14. The third-order valence-electron chi connectivity index (χ3n) is 2.72. The van der Waals surface area contributed by atoms with Crippen LogP contribution < -0.4 is 0 Å². The molecular formula is C14H26O6. The molecule has 1 aliphatic rings. The number of carbonyl (C=O) groups is 2. The number of rotatable bonds is 1. The molecule has 6 nitrogen and oxygen atoms in total. The van der Waals surface area contributed by atoms with E-state index >= 15 is 0 Å². The molecule has 118 valence electrons. The highest BCUT2D eigenvalue weighted by molar-refractivity contribution is 5.70. The van der Waals surface area contributed by atoms with E-state index in [1.165, 1.54) is 0 Å². The largest absolute Gasteiger partial charge is 0.462 e. The lowest BCUT2D eigenvalue weighted by atomic mass is 10.1. The minimum atomic E-state index is -0.187. The molecule has 0 aromatic heterocycles. The Kier molecular flexibility index (Phi) is 13.5. The molecule has 1 heterocycles. The summed E-state index contributed by atoms with van der Waals surface area (Å²) in [6.45, 7) is 0.120. The Balaban J connectivity index is 0.000000796. The average molecular weight is 290 g/mol. The number of cyclic esters (lactones) is 2. The maximum atomic E-state index is 11.2. The molecule has 1 rings (SSSR count). The lowest BCUT2D eigenvalue weighted by Crippen LogP contribution is -2.14. The molecule has 0 saturated carbocycles. The van der Waals surface area contributed by atoms with Gasteiger partial charge < -0.3 is 19.7 Å². The van der Waals surface area contributed by atoms with Crippen molar-refractivity contribution in [3.05, 3.63) is 0 Å². The second-order valence-electron chi connectivity index (χ2n) is 4.51. The van der Waals surface area contributed by atoms with Crippen LogP contribution in [0.15, 0.2) is 0 Å². The van der Waals surface area contributed by atoms with Crippen LogP contribution in [0.3, 0.4) is 0 Å². The molecular weight excluding hydrogens is 264 g/mol. The van der Waals surface area contributed by atoms with E-state index in [2.05, 4.69) is 0 Å². The molecule has 1 aliphatic heterocycles. The van der Waals surface area contributed by atoms with E-state index in [-0.39, 0.29) is 38.4 Å². The Morgan fingerprint density at radius 2 is 1.05 bits per heavy atom. The Morgan fingerprint density at radius 3 is 1.40 bits per heavy atom. The smallest absolute Gasteiger partial charge is 0.305 e. The number of hydrogen-bond donors (Lipinski definition) is 2. The van der Waals surface area contributed by atoms with Crippen LogP contribution in [0.2, 0.25) is 0 Å². The molecule has 0 aromatic rings. The van der Waals surface area contributed by atoms with Crippen LogP contribution in [0.4, 0.5) is 0 Å². The molecule has 0 bridgehead atoms. The van der Waals surface area contributed by atoms with Gasteiger partial charge in [0.15, 0.2) is 0 Å². The van der Waals surface area contributed by atoms with Gasteiger partial charge in [0.25, 0.3) is 0 Å². The van der Waals surface area contributed by atoms with Crippen LogP contribution >= 0.6 is 0 Å². The summed E-state index contributed by atoms with van der Waals surface area (Å²) < 4.78 is 9.84. The predicted molar refractivity (Wildman–Crippen MR) is 73.0 cm³/mol. The molecule has 1 fully saturated rings. The lowest BCUT2D eigenvalue weighted by Gasteiger charge is -2.08. The number of esters is 2. The van der Waals surface area contributed by atoms with Crippen molar-refractivity contribution in [2.45, 2.75) is 51.4 Å². The first-order valence-electron chi connectivity index (χ1n) is 7.23. The molecule has 0 amide bonds. The van der Waals surface area contributed by atoms with Gasteiger partial charge in [0.2, 0.25) is 0 Å². The van der Waals surface area contributed by atoms with Crippen molar-refractivity contribution in [2.24, 2.45) is 0 Å². The number of carbonyl (C=O) groups excluding carboxylic acids is 2. The van der Waals surface area contributed by atoms with Crippen LogP contribution in [0.25, 0.3) is 0 Å². The fourth-order valence-corrected chi connectivity index (χ4v) is 1.70. The highest BCUT2D eigenvalue weighted by Crippen LogP contribution is 2.10. The van der Waals surface area contributed by atoms with Crippen LogP contribution in [-0.4, -0.2) is 48.6 Å². The normalized spacial score (nSPS) is 18.9. The van der Waals surface area contributed by atoms with Gasteiger partial charge in [0, 0.05) is 12.8 Å². The third kappa shape index (κ3) is 13.3. The standard InChI is InChI=1S/C12H20O4.C2H6O2/c13-11-7-5-3-1-2-4-6-8-12(14)16-10-9-15-11;3-1-2-4/h1-10H2;3-4H,1-2H2. The molecule has 0 aromatic carbocycles. The number of hydrogen-bond acceptors (Lipinski definition) is 6. The first kappa shape index (κ1) is 18.9. The van der Waals surface area contributed by atoms with Crippen LogP contribution in [0.5, 0.6) is 0 Å². The zero-order chi connectivity index (χ0) is 15.1. The van der Waals surface area contributed by atoms with Gasteiger partial charge >= 0.3 is 11.9 Å². The SMILES string of the molecule is O=C1CCCCCCCCC(=O)OCCO1.OCCO. The topological polar surface area (TPSA) is 93.1 Å². The van der Waals surface area contributed by atoms with E-state index in [9.17, 15) is 9.59 Å². The molecule has 0 unspecified atom stereocenters. The van der Waals surface area contributed by atoms with Crippen molar-refractivity contribution < 1.29 is 29.3 Å². The number of aliphatic hydroxyl groups is 2. The predicted octanol–water partition coefficient (Wildman–Crippen LogP) is 1.18. The average Bonchev–Trinajstić information content (AvgIpc) is 2.46. The zero-order valence-electron chi connectivity index (χ0n) is 12.0. The highest BCUT2D eigenvalue weighted by Gasteiger charge is 2.06. The van der Waals surface area contributed by atoms with Gasteiger partial charge in [-0.1, -0.05) is 25.7 Å². The Morgan fingerprint density at radius 1 is 0.700 bits per heavy atom. The van der Waals surface area contributed by atoms with Gasteiger partial charge in [-0.05, 0) is 12.8 Å². The van der Waals surface area contributed by atoms with Crippen molar-refractivity contribution in [1.82, 2.24) is 0 Å². The summed E-state index contributed by atoms with van der Waals surface area (Å²) in [4.78, 5) is 22.3. The molecule has 20 heavy (non-hydrogen) atoms. The number of aliphatic hydroxyl groups excluding tert-OH is 2. The molecule has 0 spiro atoms. The van der Waals surface area contributed by atoms with Gasteiger partial charge in [0.05, 0.1) is 13.2 Å². The third-order valence-corrected chi connectivity index (χ3v) is 2.72. The Labute approximate surface area is 120 Å². The maximum Gasteiger partial charge on any atom is 0.305 e. The summed E-state index contributed by atoms with van der Waals surface area (Å²) >= 11 is 0. The van der Waals surface area contributed by atoms with Gasteiger partial charge in [0.1, 0.15) is 13.2 Å². The van der Waals surface area contributed by atoms with Crippen molar-refractivity contribution in [2.75, 3.05) is 26.4 Å². The maximum absolute atomic E-state index is 11.2. The molecule has 0 aliphatic carbocycles. The van der Waals surface area contributed by atoms with Gasteiger partial charge in [-0.2, -0.15) is 0 Å². The van der Waals surface area contributed by atoms with Gasteiger partial charge in [-0.25, -0.2) is 0 Å². The first-order chi connectivity index (χ1) is 9.70. The second-order valence-corrected chi connectivity index (χ2v) is 4.51. The van der Waals surface area contributed by atoms with Crippen LogP contribution in [0, 0.1) is 0 Å². The van der Waals surface area contributed by atoms with Crippen molar-refractivity contribution in [3.8, 4) is 0 Å². The minimum absolute atomic E-state index is 0.125. The van der Waals surface area contributed by atoms with Gasteiger partial charge in [-0.15, -0.1) is 0 Å². The minimum Gasteiger partial charge on any atom is -0.462 e. The Bertz CT molecular complexity index is 228. The summed E-state index contributed by atoms with van der Waals surface area (Å²) in [5.41, 5.74) is 0. The summed E-state index contributed by atoms with van der Waals surface area (Å²) in [6, 6.07) is 0. The van der Waals surface area contributed by atoms with Crippen LogP contribution in [0.1, 0.15) is 51.4 Å². The monoisotopic (exact) mass is 290 g/mol. The van der Waals surface area contributed by atoms with E-state index < -0.39 is 0 Å². The summed E-state index contributed by atoms with van der Waals surface area (Å²) in [7, 11) is 0. The fraction of sp³-hybridized carbons (Fsp3) is 0.857. The summed E-state index contributed by atoms with van der Waals surface area (Å²) in [5.74, 6) is -0.374. The van der Waals surface area contributed by atoms with E-state index in [1.54, 1.807) is 0 Å². The number of ether oxygens (including phenoxy) is 2. The quantitative estimate of drug-likeness (QED) is 0.704. The van der Waals surface area contributed by atoms with E-state index in [0.717, 1.165) is 38.5 Å². The van der Waals surface area contributed by atoms with Gasteiger partial charge in [-0.3, -0.25) is 9.59 Å². The molecule has 2 N–H and O–H groups in total. The molecule has 0 atom stereocenters. The van der Waals surface area contributed by atoms with Crippen molar-refractivity contribution in [3.63, 3.8) is 0 Å². The van der Waals surface area contributed by atoms with E-state index in [4.69, 9.17) is 19.7 Å². The molecule has 0 radical (unpaired) electrons. The molecule has 6 heteroatoms. The van der Waals surface area contributed by atoms with Crippen molar-refractivity contribution >= 4 is 11.9 Å². The first-order valence-corrected chi connectivity index (χ1v) is 7.23. The van der Waals surface area contributed by atoms with Crippen LogP contribution in [-0.2, 0) is 19.1 Å². The van der Waals surface area contributed by atoms with E-state index in [0.29, 0.717) is 12.8 Å². The summed E-state index contributed by atoms with van der Waals surface area (Å²) in [5, 5.41) is 15.2. The summed E-state index contributed by atoms with van der Waals surface area (Å²) in [6.07, 6.45) is 7.16. The fourth-order valence-electron chi connectivity index (χ4n) is 1.70. The highest BCUT2D eigenvalue weighted by atomic mass is 16.6. The van der Waals surface area contributed by atoms with E-state index in [1.807, 2.05) is 0 Å². The lowest BCUT2D eigenvalue weighted by molar-refractivity contribution is -0.152. The zero-order valence-corrected chi connectivity index (χ0v) is 12.0. The second kappa shape index (κ2) is 14.3.